The van der Waals surface area contributed by atoms with Crippen LogP contribution >= 0.6 is 11.8 Å². The summed E-state index contributed by atoms with van der Waals surface area (Å²) in [5.74, 6) is 0.774. The van der Waals surface area contributed by atoms with E-state index in [1.54, 1.807) is 18.1 Å². The van der Waals surface area contributed by atoms with Gasteiger partial charge in [-0.15, -0.1) is 11.8 Å². The Morgan fingerprint density at radius 2 is 1.84 bits per heavy atom. The molecular weight excluding hydrogens is 328 g/mol. The summed E-state index contributed by atoms with van der Waals surface area (Å²) in [4.78, 5) is 5.63. The van der Waals surface area contributed by atoms with Crippen molar-refractivity contribution in [1.29, 1.82) is 0 Å². The fourth-order valence-electron chi connectivity index (χ4n) is 3.06. The Morgan fingerprint density at radius 3 is 2.52 bits per heavy atom. The number of nitrogens with zero attached hydrogens (tertiary/aromatic N) is 3. The van der Waals surface area contributed by atoms with Gasteiger partial charge in [-0.2, -0.15) is 10.1 Å². The monoisotopic (exact) mass is 348 g/mol. The Hall–Kier alpha value is -2.53. The predicted octanol–water partition coefficient (Wildman–Crippen LogP) is 4.62. The second-order valence-electron chi connectivity index (χ2n) is 6.00. The molecule has 1 N–H and O–H groups in total. The number of thioether (sulfide) groups is 1. The maximum Gasteiger partial charge on any atom is 0.226 e. The molecule has 0 spiro atoms. The Morgan fingerprint density at radius 1 is 1.08 bits per heavy atom. The van der Waals surface area contributed by atoms with Crippen molar-refractivity contribution in [2.45, 2.75) is 24.3 Å². The summed E-state index contributed by atoms with van der Waals surface area (Å²) in [6.45, 7) is 2.17. The van der Waals surface area contributed by atoms with Crippen LogP contribution in [0.1, 0.15) is 29.7 Å². The summed E-state index contributed by atoms with van der Waals surface area (Å²) in [6.07, 6.45) is 6.96. The number of aryl methyl sites for hydroxylation is 1. The molecule has 2 aromatic carbocycles. The molecule has 0 saturated heterocycles. The van der Waals surface area contributed by atoms with Crippen molar-refractivity contribution in [2.24, 2.45) is 0 Å². The van der Waals surface area contributed by atoms with Crippen molar-refractivity contribution in [2.75, 3.05) is 11.6 Å². The van der Waals surface area contributed by atoms with E-state index in [1.165, 1.54) is 16.0 Å². The summed E-state index contributed by atoms with van der Waals surface area (Å²) in [5, 5.41) is 7.81. The van der Waals surface area contributed by atoms with Crippen molar-refractivity contribution in [3.8, 4) is 0 Å². The minimum Gasteiger partial charge on any atom is -0.324 e. The predicted molar refractivity (Wildman–Crippen MR) is 104 cm³/mol. The number of benzene rings is 2. The maximum absolute atomic E-state index is 4.41. The van der Waals surface area contributed by atoms with Gasteiger partial charge in [-0.05, 0) is 47.6 Å². The van der Waals surface area contributed by atoms with Gasteiger partial charge in [-0.1, -0.05) is 43.3 Å². The van der Waals surface area contributed by atoms with Gasteiger partial charge in [0.15, 0.2) is 0 Å². The van der Waals surface area contributed by atoms with Crippen LogP contribution in [0.2, 0.25) is 0 Å². The molecule has 0 saturated carbocycles. The zero-order valence-electron chi connectivity index (χ0n) is 14.3. The van der Waals surface area contributed by atoms with Gasteiger partial charge in [0.1, 0.15) is 12.4 Å². The highest BCUT2D eigenvalue weighted by molar-refractivity contribution is 7.98. The number of nitrogens with one attached hydrogen (secondary N) is 1. The molecule has 0 fully saturated rings. The first-order valence-electron chi connectivity index (χ1n) is 8.40. The molecule has 25 heavy (non-hydrogen) atoms. The third-order valence-electron chi connectivity index (χ3n) is 4.54. The largest absolute Gasteiger partial charge is 0.324 e. The number of fused-ring (bicyclic) bond motifs is 1. The lowest BCUT2D eigenvalue weighted by Crippen LogP contribution is -2.20. The van der Waals surface area contributed by atoms with E-state index in [2.05, 4.69) is 83.2 Å². The minimum atomic E-state index is 0.0375. The molecule has 0 unspecified atom stereocenters. The van der Waals surface area contributed by atoms with E-state index in [4.69, 9.17) is 0 Å². The van der Waals surface area contributed by atoms with Crippen LogP contribution in [-0.2, 0) is 6.42 Å². The van der Waals surface area contributed by atoms with E-state index in [0.717, 1.165) is 23.6 Å². The molecule has 1 aliphatic rings. The Kier molecular flexibility index (Phi) is 4.32. The molecule has 0 bridgehead atoms. The molecule has 4 nitrogen and oxygen atoms in total. The van der Waals surface area contributed by atoms with E-state index in [1.807, 2.05) is 4.68 Å². The van der Waals surface area contributed by atoms with E-state index >= 15 is 0 Å². The molecule has 4 rings (SSSR count). The number of allylic oxidation sites excluding steroid dienone is 1. The van der Waals surface area contributed by atoms with Crippen molar-refractivity contribution in [3.63, 3.8) is 0 Å². The van der Waals surface area contributed by atoms with Crippen LogP contribution in [0.25, 0.3) is 5.70 Å². The van der Waals surface area contributed by atoms with Gasteiger partial charge < -0.3 is 5.32 Å². The third-order valence-corrected chi connectivity index (χ3v) is 5.28. The molecule has 1 aliphatic heterocycles. The maximum atomic E-state index is 4.41. The van der Waals surface area contributed by atoms with Crippen LogP contribution in [0.3, 0.4) is 0 Å². The second kappa shape index (κ2) is 6.76. The molecule has 0 aliphatic carbocycles. The van der Waals surface area contributed by atoms with Gasteiger partial charge in [0.2, 0.25) is 5.95 Å². The highest BCUT2D eigenvalue weighted by Gasteiger charge is 2.23. The van der Waals surface area contributed by atoms with Gasteiger partial charge in [-0.25, -0.2) is 4.68 Å². The first-order valence-corrected chi connectivity index (χ1v) is 9.62. The molecule has 1 aromatic heterocycles. The molecular formula is C20H20N4S. The van der Waals surface area contributed by atoms with Crippen LogP contribution in [0.15, 0.2) is 65.8 Å². The van der Waals surface area contributed by atoms with E-state index < -0.39 is 0 Å². The molecule has 126 valence electrons. The lowest BCUT2D eigenvalue weighted by Gasteiger charge is -2.24. The highest BCUT2D eigenvalue weighted by Crippen LogP contribution is 2.32. The molecule has 1 atom stereocenters. The summed E-state index contributed by atoms with van der Waals surface area (Å²) in [6, 6.07) is 17.4. The average molecular weight is 348 g/mol. The number of hydrogen-bond acceptors (Lipinski definition) is 4. The standard InChI is InChI=1S/C20H20N4S/c1-3-14-4-6-15(7-5-14)18-12-19(24-20(23-18)21-13-22-24)16-8-10-17(25-2)11-9-16/h4-13,19H,3H2,1-2H3,(H,21,22,23)/t19-/m0/s1. The molecule has 5 heteroatoms. The number of hydrogen-bond donors (Lipinski definition) is 1. The van der Waals surface area contributed by atoms with Crippen molar-refractivity contribution in [1.82, 2.24) is 14.8 Å². The lowest BCUT2D eigenvalue weighted by molar-refractivity contribution is 0.611. The van der Waals surface area contributed by atoms with Crippen LogP contribution in [0, 0.1) is 0 Å². The van der Waals surface area contributed by atoms with Crippen LogP contribution < -0.4 is 5.32 Å². The van der Waals surface area contributed by atoms with Gasteiger partial charge in [0, 0.05) is 10.6 Å². The zero-order valence-corrected chi connectivity index (χ0v) is 15.1. The SMILES string of the molecule is CCc1ccc(C2=C[C@@H](c3ccc(SC)cc3)n3ncnc3N2)cc1. The average Bonchev–Trinajstić information content (AvgIpc) is 3.16. The quantitative estimate of drug-likeness (QED) is 0.699. The third kappa shape index (κ3) is 3.07. The van der Waals surface area contributed by atoms with E-state index in [0.29, 0.717) is 0 Å². The Balaban J connectivity index is 1.74. The fourth-order valence-corrected chi connectivity index (χ4v) is 3.47. The summed E-state index contributed by atoms with van der Waals surface area (Å²) in [7, 11) is 0. The van der Waals surface area contributed by atoms with E-state index in [9.17, 15) is 0 Å². The number of anilines is 1. The first-order chi connectivity index (χ1) is 12.3. The first kappa shape index (κ1) is 16.0. The Labute approximate surface area is 152 Å². The lowest BCUT2D eigenvalue weighted by atomic mass is 10.0. The normalized spacial score (nSPS) is 16.1. The molecule has 3 aromatic rings. The molecule has 2 heterocycles. The van der Waals surface area contributed by atoms with Crippen molar-refractivity contribution in [3.05, 3.63) is 77.6 Å². The minimum absolute atomic E-state index is 0.0375. The number of aromatic nitrogens is 3. The van der Waals surface area contributed by atoms with Gasteiger partial charge in [0.05, 0.1) is 0 Å². The highest BCUT2D eigenvalue weighted by atomic mass is 32.2. The topological polar surface area (TPSA) is 42.7 Å². The van der Waals surface area contributed by atoms with Gasteiger partial charge in [0.25, 0.3) is 0 Å². The van der Waals surface area contributed by atoms with Crippen LogP contribution in [0.5, 0.6) is 0 Å². The van der Waals surface area contributed by atoms with Crippen molar-refractivity contribution < 1.29 is 0 Å². The van der Waals surface area contributed by atoms with E-state index in [-0.39, 0.29) is 6.04 Å². The van der Waals surface area contributed by atoms with Crippen LogP contribution in [0.4, 0.5) is 5.95 Å². The van der Waals surface area contributed by atoms with Gasteiger partial charge >= 0.3 is 0 Å². The Bertz CT molecular complexity index is 894. The summed E-state index contributed by atoms with van der Waals surface area (Å²) < 4.78 is 1.93. The smallest absolute Gasteiger partial charge is 0.226 e. The fraction of sp³-hybridized carbons (Fsp3) is 0.200. The zero-order chi connectivity index (χ0) is 17.2. The molecule has 0 radical (unpaired) electrons. The number of rotatable bonds is 4. The molecule has 0 amide bonds. The van der Waals surface area contributed by atoms with Crippen LogP contribution in [-0.4, -0.2) is 21.0 Å². The van der Waals surface area contributed by atoms with Crippen molar-refractivity contribution >= 4 is 23.4 Å². The summed E-state index contributed by atoms with van der Waals surface area (Å²) in [5.41, 5.74) is 4.78. The summed E-state index contributed by atoms with van der Waals surface area (Å²) >= 11 is 1.75. The van der Waals surface area contributed by atoms with Gasteiger partial charge in [-0.3, -0.25) is 0 Å². The second-order valence-corrected chi connectivity index (χ2v) is 6.88.